The number of Topliss-reactive ketones (excluding diaryl/α,β-unsaturated/α-hetero) is 1. The molecule has 1 saturated heterocycles. The fraction of sp³-hybridized carbons (Fsp3) is 0.333. The third-order valence-electron chi connectivity index (χ3n) is 5.05. The Kier molecular flexibility index (Phi) is 4.68. The van der Waals surface area contributed by atoms with Crippen molar-refractivity contribution in [2.45, 2.75) is 38.0 Å². The molecule has 2 aromatic carbocycles. The third kappa shape index (κ3) is 2.81. The molecule has 2 aromatic rings. The van der Waals surface area contributed by atoms with E-state index in [0.717, 1.165) is 23.6 Å². The van der Waals surface area contributed by atoms with Crippen molar-refractivity contribution in [2.75, 3.05) is 6.61 Å². The van der Waals surface area contributed by atoms with E-state index in [1.54, 1.807) is 24.3 Å². The van der Waals surface area contributed by atoms with Crippen LogP contribution in [0.1, 0.15) is 37.3 Å². The summed E-state index contributed by atoms with van der Waals surface area (Å²) >= 11 is 0. The molecule has 0 aromatic heterocycles. The molecule has 0 N–H and O–H groups in total. The van der Waals surface area contributed by atoms with Gasteiger partial charge in [-0.2, -0.15) is 4.84 Å². The average molecular weight is 366 g/mol. The molecule has 0 saturated carbocycles. The van der Waals surface area contributed by atoms with Gasteiger partial charge in [0.1, 0.15) is 0 Å². The highest BCUT2D eigenvalue weighted by Crippen LogP contribution is 2.45. The zero-order chi connectivity index (χ0) is 18.9. The molecule has 0 aliphatic carbocycles. The molecule has 140 valence electrons. The minimum absolute atomic E-state index is 0.0893. The van der Waals surface area contributed by atoms with Gasteiger partial charge in [0.05, 0.1) is 5.56 Å². The molecule has 6 heteroatoms. The molecule has 0 bridgehead atoms. The molecule has 0 radical (unpaired) electrons. The van der Waals surface area contributed by atoms with Gasteiger partial charge in [-0.15, -0.1) is 0 Å². The second-order valence-electron chi connectivity index (χ2n) is 6.78. The van der Waals surface area contributed by atoms with Crippen LogP contribution in [0.4, 0.5) is 0 Å². The van der Waals surface area contributed by atoms with Crippen LogP contribution in [0.3, 0.4) is 0 Å². The molecule has 2 heterocycles. The standard InChI is InChI=1S/C21H22N2O4/c1-2-3-14-26-18-15-21(17-12-8-5-9-13-17)20(24)19(22(25)23(21)27-18)16-10-6-4-7-11-16/h4-13,18H,2-3,14-15H2,1H3/t18-,21-/m1/s1. The van der Waals surface area contributed by atoms with Gasteiger partial charge in [0.25, 0.3) is 11.5 Å². The quantitative estimate of drug-likeness (QED) is 0.446. The molecule has 2 aliphatic heterocycles. The van der Waals surface area contributed by atoms with Gasteiger partial charge in [0, 0.05) is 13.0 Å². The van der Waals surface area contributed by atoms with Gasteiger partial charge in [-0.3, -0.25) is 4.79 Å². The number of hydrazone groups is 1. The van der Waals surface area contributed by atoms with Crippen LogP contribution in [0.25, 0.3) is 0 Å². The number of hydrogen-bond donors (Lipinski definition) is 0. The lowest BCUT2D eigenvalue weighted by atomic mass is 9.81. The number of ketones is 1. The van der Waals surface area contributed by atoms with E-state index in [0.29, 0.717) is 17.0 Å². The number of benzene rings is 2. The predicted molar refractivity (Wildman–Crippen MR) is 99.5 cm³/mol. The van der Waals surface area contributed by atoms with E-state index in [9.17, 15) is 10.0 Å². The minimum Gasteiger partial charge on any atom is -0.594 e. The summed E-state index contributed by atoms with van der Waals surface area (Å²) in [6.07, 6.45) is 1.54. The van der Waals surface area contributed by atoms with Crippen molar-refractivity contribution in [1.29, 1.82) is 0 Å². The topological polar surface area (TPSA) is 64.8 Å². The highest BCUT2D eigenvalue weighted by atomic mass is 16.9. The summed E-state index contributed by atoms with van der Waals surface area (Å²) in [6, 6.07) is 18.3. The number of fused-ring (bicyclic) bond motifs is 1. The first-order valence-corrected chi connectivity index (χ1v) is 9.27. The van der Waals surface area contributed by atoms with Crippen LogP contribution >= 0.6 is 0 Å². The number of hydroxylamine groups is 1. The van der Waals surface area contributed by atoms with Crippen molar-refractivity contribution in [1.82, 2.24) is 5.17 Å². The van der Waals surface area contributed by atoms with E-state index < -0.39 is 11.8 Å². The number of hydrazine groups is 1. The van der Waals surface area contributed by atoms with Gasteiger partial charge in [0.15, 0.2) is 6.29 Å². The van der Waals surface area contributed by atoms with E-state index in [-0.39, 0.29) is 17.9 Å². The average Bonchev–Trinajstić information content (AvgIpc) is 3.18. The number of carbonyl (C=O) groups excluding carboxylic acids is 1. The van der Waals surface area contributed by atoms with Crippen LogP contribution in [-0.2, 0) is 19.9 Å². The van der Waals surface area contributed by atoms with Crippen LogP contribution in [-0.4, -0.2) is 34.4 Å². The summed E-state index contributed by atoms with van der Waals surface area (Å²) in [7, 11) is 0. The molecule has 27 heavy (non-hydrogen) atoms. The molecular formula is C21H22N2O4. The zero-order valence-corrected chi connectivity index (χ0v) is 15.2. The minimum atomic E-state index is -1.20. The first-order valence-electron chi connectivity index (χ1n) is 9.27. The Hall–Kier alpha value is -2.70. The maximum absolute atomic E-state index is 13.5. The molecule has 2 aliphatic rings. The predicted octanol–water partition coefficient (Wildman–Crippen LogP) is 3.16. The highest BCUT2D eigenvalue weighted by molar-refractivity contribution is 6.47. The first kappa shape index (κ1) is 17.7. The van der Waals surface area contributed by atoms with E-state index in [2.05, 4.69) is 6.92 Å². The summed E-state index contributed by atoms with van der Waals surface area (Å²) in [6.45, 7) is 2.61. The van der Waals surface area contributed by atoms with E-state index in [4.69, 9.17) is 9.57 Å². The Labute approximate surface area is 158 Å². The molecule has 0 unspecified atom stereocenters. The third-order valence-corrected chi connectivity index (χ3v) is 5.05. The Bertz CT molecular complexity index is 853. The van der Waals surface area contributed by atoms with Crippen LogP contribution < -0.4 is 0 Å². The summed E-state index contributed by atoms with van der Waals surface area (Å²) in [5, 5.41) is 14.2. The number of carbonyl (C=O) groups is 1. The van der Waals surface area contributed by atoms with Gasteiger partial charge >= 0.3 is 0 Å². The number of ether oxygens (including phenoxy) is 1. The lowest BCUT2D eigenvalue weighted by Crippen LogP contribution is -2.44. The second kappa shape index (κ2) is 7.13. The summed E-state index contributed by atoms with van der Waals surface area (Å²) < 4.78 is 5.77. The lowest BCUT2D eigenvalue weighted by Gasteiger charge is -2.24. The van der Waals surface area contributed by atoms with Gasteiger partial charge < -0.3 is 9.94 Å². The maximum atomic E-state index is 13.5. The fourth-order valence-electron chi connectivity index (χ4n) is 3.67. The molecule has 1 fully saturated rings. The molecule has 4 rings (SSSR count). The maximum Gasteiger partial charge on any atom is 0.297 e. The van der Waals surface area contributed by atoms with Crippen molar-refractivity contribution < 1.29 is 19.2 Å². The molecule has 2 atom stereocenters. The molecule has 6 nitrogen and oxygen atoms in total. The molecular weight excluding hydrogens is 344 g/mol. The Morgan fingerprint density at radius 2 is 1.85 bits per heavy atom. The van der Waals surface area contributed by atoms with Gasteiger partial charge in [-0.05, 0) is 34.1 Å². The first-order chi connectivity index (χ1) is 13.2. The number of hydrogen-bond acceptors (Lipinski definition) is 5. The van der Waals surface area contributed by atoms with Crippen molar-refractivity contribution in [2.24, 2.45) is 0 Å². The zero-order valence-electron chi connectivity index (χ0n) is 15.2. The number of nitrogens with zero attached hydrogens (tertiary/aromatic N) is 2. The number of rotatable bonds is 6. The highest BCUT2D eigenvalue weighted by Gasteiger charge is 2.66. The SMILES string of the molecule is CCCCO[C@H]1C[C@@]2(c3ccccc3)C(=O)C(c3ccccc3)=[N+]([O-])N2O1. The van der Waals surface area contributed by atoms with Gasteiger partial charge in [-0.1, -0.05) is 61.9 Å². The van der Waals surface area contributed by atoms with Crippen LogP contribution in [0.5, 0.6) is 0 Å². The summed E-state index contributed by atoms with van der Waals surface area (Å²) in [4.78, 5) is 19.9. The molecule has 0 spiro atoms. The normalized spacial score (nSPS) is 24.6. The number of unbranched alkanes of at least 4 members (excludes halogenated alkanes) is 1. The Balaban J connectivity index is 1.75. The van der Waals surface area contributed by atoms with Crippen LogP contribution in [0, 0.1) is 5.21 Å². The van der Waals surface area contributed by atoms with E-state index in [1.165, 1.54) is 0 Å². The second-order valence-corrected chi connectivity index (χ2v) is 6.78. The Morgan fingerprint density at radius 3 is 2.52 bits per heavy atom. The largest absolute Gasteiger partial charge is 0.594 e. The molecule has 0 amide bonds. The summed E-state index contributed by atoms with van der Waals surface area (Å²) in [5.74, 6) is -0.267. The smallest absolute Gasteiger partial charge is 0.297 e. The van der Waals surface area contributed by atoms with Crippen molar-refractivity contribution in [3.8, 4) is 0 Å². The lowest BCUT2D eigenvalue weighted by molar-refractivity contribution is -0.724. The van der Waals surface area contributed by atoms with Crippen LogP contribution in [0.15, 0.2) is 60.7 Å². The monoisotopic (exact) mass is 366 g/mol. The fourth-order valence-corrected chi connectivity index (χ4v) is 3.67. The van der Waals surface area contributed by atoms with Gasteiger partial charge in [-0.25, -0.2) is 0 Å². The van der Waals surface area contributed by atoms with Crippen LogP contribution in [0.2, 0.25) is 0 Å². The van der Waals surface area contributed by atoms with Crippen molar-refractivity contribution >= 4 is 11.5 Å². The van der Waals surface area contributed by atoms with E-state index >= 15 is 0 Å². The summed E-state index contributed by atoms with van der Waals surface area (Å²) in [5.41, 5.74) is 0.189. The Morgan fingerprint density at radius 1 is 1.19 bits per heavy atom. The van der Waals surface area contributed by atoms with Gasteiger partial charge in [0.2, 0.25) is 5.54 Å². The van der Waals surface area contributed by atoms with Crippen molar-refractivity contribution in [3.63, 3.8) is 0 Å². The van der Waals surface area contributed by atoms with E-state index in [1.807, 2.05) is 36.4 Å². The van der Waals surface area contributed by atoms with Crippen molar-refractivity contribution in [3.05, 3.63) is 77.0 Å².